The zero-order valence-corrected chi connectivity index (χ0v) is 16.4. The van der Waals surface area contributed by atoms with Gasteiger partial charge in [0.1, 0.15) is 0 Å². The maximum atomic E-state index is 4.70. The molecule has 1 aromatic heterocycles. The Kier molecular flexibility index (Phi) is 5.27. The van der Waals surface area contributed by atoms with Crippen molar-refractivity contribution >= 4 is 39.6 Å². The molecule has 0 fully saturated rings. The first-order chi connectivity index (χ1) is 11.6. The van der Waals surface area contributed by atoms with E-state index in [0.717, 1.165) is 21.4 Å². The Morgan fingerprint density at radius 2 is 1.75 bits per heavy atom. The molecular formula is C20H19BrN2S. The van der Waals surface area contributed by atoms with E-state index in [2.05, 4.69) is 83.1 Å². The van der Waals surface area contributed by atoms with Crippen molar-refractivity contribution in [2.24, 2.45) is 4.99 Å². The van der Waals surface area contributed by atoms with Crippen LogP contribution in [0.4, 0.5) is 5.69 Å². The second kappa shape index (κ2) is 7.41. The summed E-state index contributed by atoms with van der Waals surface area (Å²) in [5.74, 6) is 0. The summed E-state index contributed by atoms with van der Waals surface area (Å²) in [4.78, 5) is 5.89. The lowest BCUT2D eigenvalue weighted by Gasteiger charge is -2.09. The van der Waals surface area contributed by atoms with Crippen LogP contribution in [0.15, 0.2) is 69.0 Å². The van der Waals surface area contributed by atoms with Gasteiger partial charge in [0.2, 0.25) is 0 Å². The third kappa shape index (κ3) is 3.50. The van der Waals surface area contributed by atoms with Gasteiger partial charge in [-0.25, -0.2) is 0 Å². The van der Waals surface area contributed by atoms with Crippen LogP contribution in [0.2, 0.25) is 0 Å². The zero-order chi connectivity index (χ0) is 17.1. The predicted molar refractivity (Wildman–Crippen MR) is 108 cm³/mol. The third-order valence-corrected chi connectivity index (χ3v) is 5.30. The van der Waals surface area contributed by atoms with Crippen molar-refractivity contribution in [3.63, 3.8) is 0 Å². The smallest absolute Gasteiger partial charge is 0.0765 e. The van der Waals surface area contributed by atoms with E-state index in [-0.39, 0.29) is 0 Å². The summed E-state index contributed by atoms with van der Waals surface area (Å²) in [5.41, 5.74) is 5.72. The Bertz CT molecular complexity index is 879. The average Bonchev–Trinajstić information content (AvgIpc) is 2.88. The minimum Gasteiger partial charge on any atom is -0.318 e. The molecule has 0 amide bonds. The minimum atomic E-state index is 1.01. The first kappa shape index (κ1) is 17.1. The molecule has 2 nitrogen and oxygen atoms in total. The molecule has 0 radical (unpaired) electrons. The highest BCUT2D eigenvalue weighted by atomic mass is 79.9. The molecule has 0 spiro atoms. The monoisotopic (exact) mass is 398 g/mol. The largest absolute Gasteiger partial charge is 0.318 e. The third-order valence-electron chi connectivity index (χ3n) is 3.98. The van der Waals surface area contributed by atoms with Crippen LogP contribution in [0.3, 0.4) is 0 Å². The van der Waals surface area contributed by atoms with Gasteiger partial charge in [-0.15, -0.1) is 11.8 Å². The Morgan fingerprint density at radius 1 is 1.04 bits per heavy atom. The summed E-state index contributed by atoms with van der Waals surface area (Å²) >= 11 is 5.21. The molecule has 2 aromatic carbocycles. The van der Waals surface area contributed by atoms with E-state index in [1.165, 1.54) is 16.3 Å². The van der Waals surface area contributed by atoms with Gasteiger partial charge in [0.05, 0.1) is 5.69 Å². The standard InChI is InChI=1S/C20H19BrN2S/c1-14-12-16(13-22-19-6-4-5-7-20(19)24-3)15(2)23(14)18-10-8-17(21)9-11-18/h4-13H,1-3H3. The highest BCUT2D eigenvalue weighted by Crippen LogP contribution is 2.28. The number of aryl methyl sites for hydroxylation is 1. The first-order valence-electron chi connectivity index (χ1n) is 7.72. The van der Waals surface area contributed by atoms with Crippen molar-refractivity contribution in [3.05, 3.63) is 76.0 Å². The number of aromatic nitrogens is 1. The van der Waals surface area contributed by atoms with Crippen LogP contribution in [0.25, 0.3) is 5.69 Å². The molecule has 0 aliphatic heterocycles. The second-order valence-electron chi connectivity index (χ2n) is 5.57. The molecule has 0 bridgehead atoms. The molecule has 1 heterocycles. The lowest BCUT2D eigenvalue weighted by molar-refractivity contribution is 0.964. The molecule has 0 aliphatic rings. The highest BCUT2D eigenvalue weighted by molar-refractivity contribution is 9.10. The number of hydrogen-bond acceptors (Lipinski definition) is 2. The van der Waals surface area contributed by atoms with E-state index in [9.17, 15) is 0 Å². The van der Waals surface area contributed by atoms with Crippen molar-refractivity contribution in [2.45, 2.75) is 18.7 Å². The number of hydrogen-bond donors (Lipinski definition) is 0. The number of nitrogens with zero attached hydrogens (tertiary/aromatic N) is 2. The van der Waals surface area contributed by atoms with Gasteiger partial charge >= 0.3 is 0 Å². The van der Waals surface area contributed by atoms with Crippen LogP contribution in [0.1, 0.15) is 17.0 Å². The Morgan fingerprint density at radius 3 is 2.46 bits per heavy atom. The summed E-state index contributed by atoms with van der Waals surface area (Å²) < 4.78 is 3.35. The number of aliphatic imine (C=N–C) groups is 1. The summed E-state index contributed by atoms with van der Waals surface area (Å²) in [6.07, 6.45) is 4.04. The predicted octanol–water partition coefficient (Wildman–Crippen LogP) is 6.33. The zero-order valence-electron chi connectivity index (χ0n) is 14.0. The summed E-state index contributed by atoms with van der Waals surface area (Å²) in [5, 5.41) is 0. The molecule has 3 aromatic rings. The molecule has 0 N–H and O–H groups in total. The number of para-hydroxylation sites is 1. The fourth-order valence-electron chi connectivity index (χ4n) is 2.78. The van der Waals surface area contributed by atoms with Crippen LogP contribution in [-0.2, 0) is 0 Å². The van der Waals surface area contributed by atoms with Crippen LogP contribution >= 0.6 is 27.7 Å². The normalized spacial score (nSPS) is 11.3. The lowest BCUT2D eigenvalue weighted by atomic mass is 10.2. The van der Waals surface area contributed by atoms with Crippen molar-refractivity contribution in [2.75, 3.05) is 6.26 Å². The quantitative estimate of drug-likeness (QED) is 0.370. The van der Waals surface area contributed by atoms with E-state index >= 15 is 0 Å². The lowest BCUT2D eigenvalue weighted by Crippen LogP contribution is -1.99. The fraction of sp³-hybridized carbons (Fsp3) is 0.150. The first-order valence-corrected chi connectivity index (χ1v) is 9.74. The number of thioether (sulfide) groups is 1. The van der Waals surface area contributed by atoms with Gasteiger partial charge < -0.3 is 4.57 Å². The van der Waals surface area contributed by atoms with Crippen molar-refractivity contribution in [1.82, 2.24) is 4.57 Å². The second-order valence-corrected chi connectivity index (χ2v) is 7.33. The maximum absolute atomic E-state index is 4.70. The number of rotatable bonds is 4. The molecule has 3 rings (SSSR count). The molecule has 122 valence electrons. The minimum absolute atomic E-state index is 1.01. The van der Waals surface area contributed by atoms with Gasteiger partial charge in [-0.3, -0.25) is 4.99 Å². The van der Waals surface area contributed by atoms with Gasteiger partial charge in [0.25, 0.3) is 0 Å². The highest BCUT2D eigenvalue weighted by Gasteiger charge is 2.09. The molecule has 0 atom stereocenters. The van der Waals surface area contributed by atoms with Crippen LogP contribution in [0, 0.1) is 13.8 Å². The Labute approximate surface area is 155 Å². The van der Waals surface area contributed by atoms with Gasteiger partial charge in [0, 0.05) is 38.2 Å². The van der Waals surface area contributed by atoms with E-state index in [1.54, 1.807) is 11.8 Å². The van der Waals surface area contributed by atoms with Crippen molar-refractivity contribution in [3.8, 4) is 5.69 Å². The topological polar surface area (TPSA) is 17.3 Å². The summed E-state index contributed by atoms with van der Waals surface area (Å²) in [6, 6.07) is 18.8. The SMILES string of the molecule is CSc1ccccc1N=Cc1cc(C)n(-c2ccc(Br)cc2)c1C. The van der Waals surface area contributed by atoms with E-state index in [1.807, 2.05) is 18.3 Å². The van der Waals surface area contributed by atoms with Gasteiger partial charge in [-0.05, 0) is 62.6 Å². The van der Waals surface area contributed by atoms with Crippen LogP contribution < -0.4 is 0 Å². The van der Waals surface area contributed by atoms with E-state index in [0.29, 0.717) is 0 Å². The van der Waals surface area contributed by atoms with Gasteiger partial charge in [-0.2, -0.15) is 0 Å². The molecule has 0 unspecified atom stereocenters. The summed E-state index contributed by atoms with van der Waals surface area (Å²) in [6.45, 7) is 4.26. The van der Waals surface area contributed by atoms with Gasteiger partial charge in [-0.1, -0.05) is 28.1 Å². The van der Waals surface area contributed by atoms with Crippen LogP contribution in [-0.4, -0.2) is 17.0 Å². The molecule has 0 saturated carbocycles. The molecule has 0 aliphatic carbocycles. The fourth-order valence-corrected chi connectivity index (χ4v) is 3.59. The Balaban J connectivity index is 1.97. The molecule has 24 heavy (non-hydrogen) atoms. The molecule has 0 saturated heterocycles. The van der Waals surface area contributed by atoms with Crippen LogP contribution in [0.5, 0.6) is 0 Å². The molecule has 4 heteroatoms. The summed E-state index contributed by atoms with van der Waals surface area (Å²) in [7, 11) is 0. The molecular weight excluding hydrogens is 380 g/mol. The number of halogens is 1. The van der Waals surface area contributed by atoms with Gasteiger partial charge in [0.15, 0.2) is 0 Å². The average molecular weight is 399 g/mol. The Hall–Kier alpha value is -1.78. The van der Waals surface area contributed by atoms with E-state index < -0.39 is 0 Å². The maximum Gasteiger partial charge on any atom is 0.0765 e. The van der Waals surface area contributed by atoms with Crippen molar-refractivity contribution in [1.29, 1.82) is 0 Å². The van der Waals surface area contributed by atoms with Crippen molar-refractivity contribution < 1.29 is 0 Å². The van der Waals surface area contributed by atoms with E-state index in [4.69, 9.17) is 4.99 Å². The number of benzene rings is 2.